The summed E-state index contributed by atoms with van der Waals surface area (Å²) in [6.45, 7) is 0. The smallest absolute Gasteiger partial charge is 0.233 e. The van der Waals surface area contributed by atoms with E-state index in [2.05, 4.69) is 31.7 Å². The van der Waals surface area contributed by atoms with Crippen LogP contribution in [0.25, 0.3) is 0 Å². The number of benzene rings is 1. The third-order valence-electron chi connectivity index (χ3n) is 2.52. The summed E-state index contributed by atoms with van der Waals surface area (Å²) in [5.41, 5.74) is 1.41. The van der Waals surface area contributed by atoms with Gasteiger partial charge in [0.25, 0.3) is 0 Å². The Hall–Kier alpha value is -2.88. The van der Waals surface area contributed by atoms with Crippen LogP contribution in [0.1, 0.15) is 5.56 Å². The van der Waals surface area contributed by atoms with Crippen molar-refractivity contribution in [3.63, 3.8) is 0 Å². The van der Waals surface area contributed by atoms with Gasteiger partial charge in [-0.1, -0.05) is 0 Å². The van der Waals surface area contributed by atoms with E-state index in [4.69, 9.17) is 5.26 Å². The van der Waals surface area contributed by atoms with Crippen LogP contribution in [0.15, 0.2) is 24.3 Å². The highest BCUT2D eigenvalue weighted by atomic mass is 15.3. The molecule has 102 valence electrons. The van der Waals surface area contributed by atoms with Crippen LogP contribution in [0.5, 0.6) is 0 Å². The minimum absolute atomic E-state index is 0.442. The Morgan fingerprint density at radius 2 is 1.70 bits per heavy atom. The maximum atomic E-state index is 8.77. The quantitative estimate of drug-likeness (QED) is 0.871. The molecule has 0 aliphatic rings. The second kappa shape index (κ2) is 5.84. The molecule has 0 fully saturated rings. The first-order chi connectivity index (χ1) is 9.62. The second-order valence-corrected chi connectivity index (χ2v) is 4.24. The van der Waals surface area contributed by atoms with Crippen molar-refractivity contribution < 1.29 is 0 Å². The molecule has 0 aliphatic heterocycles. The molecule has 0 spiro atoms. The van der Waals surface area contributed by atoms with Crippen LogP contribution in [0.2, 0.25) is 0 Å². The van der Waals surface area contributed by atoms with Crippen molar-refractivity contribution in [3.05, 3.63) is 29.8 Å². The van der Waals surface area contributed by atoms with Crippen molar-refractivity contribution in [1.82, 2.24) is 15.0 Å². The molecule has 0 amide bonds. The fourth-order valence-corrected chi connectivity index (χ4v) is 1.49. The average Bonchev–Trinajstić information content (AvgIpc) is 2.47. The van der Waals surface area contributed by atoms with Crippen molar-refractivity contribution in [1.29, 1.82) is 5.26 Å². The highest BCUT2D eigenvalue weighted by Gasteiger charge is 2.07. The summed E-state index contributed by atoms with van der Waals surface area (Å²) < 4.78 is 0. The van der Waals surface area contributed by atoms with Crippen LogP contribution in [0.3, 0.4) is 0 Å². The molecule has 2 aromatic rings. The first-order valence-corrected chi connectivity index (χ1v) is 6.00. The van der Waals surface area contributed by atoms with Crippen molar-refractivity contribution in [2.75, 3.05) is 36.7 Å². The highest BCUT2D eigenvalue weighted by molar-refractivity contribution is 5.56. The van der Waals surface area contributed by atoms with E-state index >= 15 is 0 Å². The number of rotatable bonds is 4. The molecule has 1 aromatic carbocycles. The maximum Gasteiger partial charge on any atom is 0.233 e. The zero-order valence-electron chi connectivity index (χ0n) is 11.5. The normalized spacial score (nSPS) is 9.70. The third-order valence-corrected chi connectivity index (χ3v) is 2.52. The van der Waals surface area contributed by atoms with Gasteiger partial charge in [0.05, 0.1) is 11.6 Å². The molecular formula is C13H15N7. The Balaban J connectivity index is 2.27. The van der Waals surface area contributed by atoms with E-state index in [1.54, 1.807) is 36.2 Å². The summed E-state index contributed by atoms with van der Waals surface area (Å²) in [6.07, 6.45) is 0. The SMILES string of the molecule is CNc1nc(Nc2ccc(C#N)cc2)nc(N(C)C)n1. The molecule has 0 saturated heterocycles. The second-order valence-electron chi connectivity index (χ2n) is 4.24. The van der Waals surface area contributed by atoms with E-state index in [9.17, 15) is 0 Å². The first-order valence-electron chi connectivity index (χ1n) is 6.00. The fourth-order valence-electron chi connectivity index (χ4n) is 1.49. The Kier molecular flexibility index (Phi) is 3.96. The van der Waals surface area contributed by atoms with Gasteiger partial charge in [-0.15, -0.1) is 0 Å². The molecular weight excluding hydrogens is 254 g/mol. The van der Waals surface area contributed by atoms with E-state index in [1.165, 1.54) is 0 Å². The predicted molar refractivity (Wildman–Crippen MR) is 78.1 cm³/mol. The van der Waals surface area contributed by atoms with Gasteiger partial charge in [-0.3, -0.25) is 0 Å². The van der Waals surface area contributed by atoms with Gasteiger partial charge in [-0.2, -0.15) is 20.2 Å². The van der Waals surface area contributed by atoms with E-state index < -0.39 is 0 Å². The lowest BCUT2D eigenvalue weighted by molar-refractivity contribution is 0.963. The number of aromatic nitrogens is 3. The Morgan fingerprint density at radius 3 is 2.25 bits per heavy atom. The minimum Gasteiger partial charge on any atom is -0.357 e. The molecule has 0 saturated carbocycles. The lowest BCUT2D eigenvalue weighted by atomic mass is 10.2. The Bertz CT molecular complexity index is 628. The minimum atomic E-state index is 0.442. The molecule has 0 bridgehead atoms. The van der Waals surface area contributed by atoms with E-state index in [1.807, 2.05) is 14.1 Å². The Labute approximate surface area is 117 Å². The van der Waals surface area contributed by atoms with Crippen molar-refractivity contribution in [3.8, 4) is 6.07 Å². The van der Waals surface area contributed by atoms with Gasteiger partial charge in [-0.25, -0.2) is 0 Å². The van der Waals surface area contributed by atoms with Gasteiger partial charge >= 0.3 is 0 Å². The molecule has 1 aromatic heterocycles. The summed E-state index contributed by atoms with van der Waals surface area (Å²) in [5.74, 6) is 1.48. The zero-order valence-corrected chi connectivity index (χ0v) is 11.5. The molecule has 0 radical (unpaired) electrons. The number of hydrogen-bond acceptors (Lipinski definition) is 7. The van der Waals surface area contributed by atoms with Gasteiger partial charge in [0.2, 0.25) is 17.8 Å². The molecule has 0 aliphatic carbocycles. The summed E-state index contributed by atoms with van der Waals surface area (Å²) in [6, 6.07) is 9.14. The van der Waals surface area contributed by atoms with E-state index in [0.717, 1.165) is 5.69 Å². The lowest BCUT2D eigenvalue weighted by Gasteiger charge is -2.13. The number of anilines is 4. The van der Waals surface area contributed by atoms with Crippen molar-refractivity contribution in [2.24, 2.45) is 0 Å². The third kappa shape index (κ3) is 3.11. The number of hydrogen-bond donors (Lipinski definition) is 2. The van der Waals surface area contributed by atoms with Gasteiger partial charge in [-0.05, 0) is 24.3 Å². The number of nitrogens with zero attached hydrogens (tertiary/aromatic N) is 5. The summed E-state index contributed by atoms with van der Waals surface area (Å²) in [7, 11) is 5.47. The van der Waals surface area contributed by atoms with Gasteiger partial charge in [0.1, 0.15) is 0 Å². The molecule has 7 nitrogen and oxygen atoms in total. The van der Waals surface area contributed by atoms with E-state index in [-0.39, 0.29) is 0 Å². The largest absolute Gasteiger partial charge is 0.357 e. The average molecular weight is 269 g/mol. The molecule has 1 heterocycles. The molecule has 0 atom stereocenters. The number of nitriles is 1. The maximum absolute atomic E-state index is 8.77. The molecule has 7 heteroatoms. The predicted octanol–water partition coefficient (Wildman–Crippen LogP) is 1.59. The monoisotopic (exact) mass is 269 g/mol. The fraction of sp³-hybridized carbons (Fsp3) is 0.231. The van der Waals surface area contributed by atoms with Crippen LogP contribution < -0.4 is 15.5 Å². The summed E-state index contributed by atoms with van der Waals surface area (Å²) in [4.78, 5) is 14.6. The van der Waals surface area contributed by atoms with Crippen LogP contribution in [-0.4, -0.2) is 36.1 Å². The van der Waals surface area contributed by atoms with Crippen LogP contribution >= 0.6 is 0 Å². The topological polar surface area (TPSA) is 89.8 Å². The molecule has 0 unspecified atom stereocenters. The van der Waals surface area contributed by atoms with E-state index in [0.29, 0.717) is 23.4 Å². The van der Waals surface area contributed by atoms with Gasteiger partial charge in [0, 0.05) is 26.8 Å². The van der Waals surface area contributed by atoms with Crippen LogP contribution in [0, 0.1) is 11.3 Å². The van der Waals surface area contributed by atoms with Gasteiger partial charge < -0.3 is 15.5 Å². The highest BCUT2D eigenvalue weighted by Crippen LogP contribution is 2.17. The first kappa shape index (κ1) is 13.5. The van der Waals surface area contributed by atoms with Gasteiger partial charge in [0.15, 0.2) is 0 Å². The van der Waals surface area contributed by atoms with Crippen molar-refractivity contribution >= 4 is 23.5 Å². The zero-order chi connectivity index (χ0) is 14.5. The molecule has 20 heavy (non-hydrogen) atoms. The van der Waals surface area contributed by atoms with Crippen LogP contribution in [0.4, 0.5) is 23.5 Å². The van der Waals surface area contributed by atoms with Crippen LogP contribution in [-0.2, 0) is 0 Å². The standard InChI is InChI=1S/C13H15N7/c1-15-11-17-12(19-13(18-11)20(2)3)16-10-6-4-9(8-14)5-7-10/h4-7H,1-3H3,(H2,15,16,17,18,19). The van der Waals surface area contributed by atoms with Crippen molar-refractivity contribution in [2.45, 2.75) is 0 Å². The summed E-state index contributed by atoms with van der Waals surface area (Å²) >= 11 is 0. The molecule has 2 N–H and O–H groups in total. The summed E-state index contributed by atoms with van der Waals surface area (Å²) in [5, 5.41) is 14.7. The Morgan fingerprint density at radius 1 is 1.05 bits per heavy atom. The number of nitrogens with one attached hydrogen (secondary N) is 2. The lowest BCUT2D eigenvalue weighted by Crippen LogP contribution is -2.15. The molecule has 2 rings (SSSR count).